The molecule has 1 saturated heterocycles. The van der Waals surface area contributed by atoms with Crippen LogP contribution in [0.15, 0.2) is 23.1 Å². The molecule has 0 spiro atoms. The van der Waals surface area contributed by atoms with E-state index in [-0.39, 0.29) is 16.8 Å². The normalized spacial score (nSPS) is 15.7. The van der Waals surface area contributed by atoms with Gasteiger partial charge in [0.1, 0.15) is 10.6 Å². The Hall–Kier alpha value is -2.39. The zero-order valence-corrected chi connectivity index (χ0v) is 19.5. The van der Waals surface area contributed by atoms with Gasteiger partial charge in [-0.1, -0.05) is 18.2 Å². The number of aryl methyl sites for hydroxylation is 4. The smallest absolute Gasteiger partial charge is 0.246 e. The molecule has 0 unspecified atom stereocenters. The Morgan fingerprint density at radius 1 is 1.19 bits per heavy atom. The fourth-order valence-corrected chi connectivity index (χ4v) is 5.83. The highest BCUT2D eigenvalue weighted by molar-refractivity contribution is 7.89. The van der Waals surface area contributed by atoms with Crippen LogP contribution >= 0.6 is 0 Å². The molecule has 1 amide bonds. The Labute approximate surface area is 184 Å². The molecule has 1 aliphatic rings. The lowest BCUT2D eigenvalue weighted by atomic mass is 10.1. The fourth-order valence-electron chi connectivity index (χ4n) is 4.02. The molecule has 3 rings (SSSR count). The topological polar surface area (TPSA) is 104 Å². The van der Waals surface area contributed by atoms with Crippen molar-refractivity contribution in [3.8, 4) is 5.75 Å². The van der Waals surface area contributed by atoms with E-state index in [1.807, 2.05) is 32.0 Å². The summed E-state index contributed by atoms with van der Waals surface area (Å²) in [4.78, 5) is 12.6. The number of nitrogens with zero attached hydrogens (tertiary/aromatic N) is 2. The number of aromatic nitrogens is 2. The van der Waals surface area contributed by atoms with E-state index in [0.29, 0.717) is 56.8 Å². The molecule has 2 heterocycles. The number of aromatic amines is 1. The minimum Gasteiger partial charge on any atom is -0.493 e. The lowest BCUT2D eigenvalue weighted by Gasteiger charge is -2.31. The van der Waals surface area contributed by atoms with Crippen molar-refractivity contribution >= 4 is 15.9 Å². The van der Waals surface area contributed by atoms with Crippen LogP contribution in [0.1, 0.15) is 48.2 Å². The van der Waals surface area contributed by atoms with Gasteiger partial charge in [-0.05, 0) is 58.1 Å². The molecule has 0 aliphatic carbocycles. The molecular weight excluding hydrogens is 416 g/mol. The standard InChI is InChI=1S/C22H32N4O4S/c1-15-7-5-8-16(2)21(15)30-14-6-9-20(27)23-19-10-12-26(13-11-19)31(28,29)22-17(3)24-25-18(22)4/h5,7-8,19H,6,9-14H2,1-4H3,(H,23,27)(H,24,25). The molecule has 1 aromatic heterocycles. The number of carbonyl (C=O) groups is 1. The molecule has 170 valence electrons. The predicted octanol–water partition coefficient (Wildman–Crippen LogP) is 2.77. The number of hydrogen-bond donors (Lipinski definition) is 2. The Balaban J connectivity index is 1.42. The van der Waals surface area contributed by atoms with Gasteiger partial charge in [0.2, 0.25) is 15.9 Å². The highest BCUT2D eigenvalue weighted by atomic mass is 32.2. The number of ether oxygens (including phenoxy) is 1. The van der Waals surface area contributed by atoms with E-state index in [0.717, 1.165) is 16.9 Å². The largest absolute Gasteiger partial charge is 0.493 e. The number of carbonyl (C=O) groups excluding carboxylic acids is 1. The van der Waals surface area contributed by atoms with Gasteiger partial charge in [-0.3, -0.25) is 9.89 Å². The zero-order valence-electron chi connectivity index (χ0n) is 18.7. The van der Waals surface area contributed by atoms with E-state index in [2.05, 4.69) is 15.5 Å². The van der Waals surface area contributed by atoms with Crippen LogP contribution in [0.4, 0.5) is 0 Å². The SMILES string of the molecule is Cc1cccc(C)c1OCCCC(=O)NC1CCN(S(=O)(=O)c2c(C)n[nH]c2C)CC1. The summed E-state index contributed by atoms with van der Waals surface area (Å²) in [7, 11) is -3.57. The second-order valence-corrected chi connectivity index (χ2v) is 10.1. The van der Waals surface area contributed by atoms with E-state index in [4.69, 9.17) is 4.74 Å². The Bertz CT molecular complexity index is 984. The monoisotopic (exact) mass is 448 g/mol. The van der Waals surface area contributed by atoms with Crippen molar-refractivity contribution in [2.75, 3.05) is 19.7 Å². The van der Waals surface area contributed by atoms with Crippen molar-refractivity contribution < 1.29 is 17.9 Å². The van der Waals surface area contributed by atoms with E-state index in [1.165, 1.54) is 4.31 Å². The molecule has 0 bridgehead atoms. The maximum atomic E-state index is 12.9. The Kier molecular flexibility index (Phi) is 7.38. The molecule has 1 aromatic carbocycles. The molecule has 0 atom stereocenters. The summed E-state index contributed by atoms with van der Waals surface area (Å²) >= 11 is 0. The Morgan fingerprint density at radius 3 is 2.42 bits per heavy atom. The van der Waals surface area contributed by atoms with E-state index >= 15 is 0 Å². The van der Waals surface area contributed by atoms with Gasteiger partial charge < -0.3 is 10.1 Å². The first-order valence-electron chi connectivity index (χ1n) is 10.7. The van der Waals surface area contributed by atoms with Crippen molar-refractivity contribution in [1.29, 1.82) is 0 Å². The van der Waals surface area contributed by atoms with Crippen LogP contribution in [0.2, 0.25) is 0 Å². The maximum Gasteiger partial charge on any atom is 0.246 e. The average Bonchev–Trinajstić information content (AvgIpc) is 3.06. The summed E-state index contributed by atoms with van der Waals surface area (Å²) < 4.78 is 33.2. The molecule has 0 saturated carbocycles. The zero-order chi connectivity index (χ0) is 22.6. The highest BCUT2D eigenvalue weighted by Crippen LogP contribution is 2.25. The molecular formula is C22H32N4O4S. The predicted molar refractivity (Wildman–Crippen MR) is 119 cm³/mol. The van der Waals surface area contributed by atoms with Gasteiger partial charge in [0.05, 0.1) is 18.0 Å². The summed E-state index contributed by atoms with van der Waals surface area (Å²) in [6, 6.07) is 6.01. The van der Waals surface area contributed by atoms with Crippen LogP contribution in [0, 0.1) is 27.7 Å². The minimum absolute atomic E-state index is 0.00924. The molecule has 31 heavy (non-hydrogen) atoms. The number of benzene rings is 1. The number of sulfonamides is 1. The van der Waals surface area contributed by atoms with Gasteiger partial charge in [0.25, 0.3) is 0 Å². The van der Waals surface area contributed by atoms with Gasteiger partial charge in [-0.25, -0.2) is 8.42 Å². The second kappa shape index (κ2) is 9.82. The number of hydrogen-bond acceptors (Lipinski definition) is 5. The van der Waals surface area contributed by atoms with Crippen molar-refractivity contribution in [2.24, 2.45) is 0 Å². The van der Waals surface area contributed by atoms with Gasteiger partial charge in [-0.2, -0.15) is 9.40 Å². The van der Waals surface area contributed by atoms with Crippen molar-refractivity contribution in [3.05, 3.63) is 40.7 Å². The summed E-state index contributed by atoms with van der Waals surface area (Å²) in [5.74, 6) is 0.868. The third-order valence-corrected chi connectivity index (χ3v) is 7.84. The van der Waals surface area contributed by atoms with Gasteiger partial charge >= 0.3 is 0 Å². The van der Waals surface area contributed by atoms with Gasteiger partial charge in [-0.15, -0.1) is 0 Å². The number of piperidine rings is 1. The quantitative estimate of drug-likeness (QED) is 0.604. The summed E-state index contributed by atoms with van der Waals surface area (Å²) in [5.41, 5.74) is 3.21. The second-order valence-electron chi connectivity index (χ2n) is 8.18. The molecule has 2 aromatic rings. The van der Waals surface area contributed by atoms with Crippen molar-refractivity contribution in [2.45, 2.75) is 64.3 Å². The van der Waals surface area contributed by atoms with Crippen LogP contribution in [0.5, 0.6) is 5.75 Å². The van der Waals surface area contributed by atoms with Crippen LogP contribution in [-0.2, 0) is 14.8 Å². The minimum atomic E-state index is -3.57. The number of nitrogens with one attached hydrogen (secondary N) is 2. The first-order chi connectivity index (χ1) is 14.7. The van der Waals surface area contributed by atoms with E-state index < -0.39 is 10.0 Å². The third-order valence-electron chi connectivity index (χ3n) is 5.68. The number of amides is 1. The Morgan fingerprint density at radius 2 is 1.84 bits per heavy atom. The van der Waals surface area contributed by atoms with Gasteiger partial charge in [0.15, 0.2) is 0 Å². The summed E-state index contributed by atoms with van der Waals surface area (Å²) in [6.45, 7) is 8.67. The van der Waals surface area contributed by atoms with Crippen LogP contribution in [-0.4, -0.2) is 54.6 Å². The number of para-hydroxylation sites is 1. The maximum absolute atomic E-state index is 12.9. The van der Waals surface area contributed by atoms with E-state index in [1.54, 1.807) is 13.8 Å². The van der Waals surface area contributed by atoms with E-state index in [9.17, 15) is 13.2 Å². The van der Waals surface area contributed by atoms with Crippen LogP contribution < -0.4 is 10.1 Å². The first kappa shape index (κ1) is 23.3. The molecule has 1 aliphatic heterocycles. The molecule has 2 N–H and O–H groups in total. The summed E-state index contributed by atoms with van der Waals surface area (Å²) in [6.07, 6.45) is 2.21. The third kappa shape index (κ3) is 5.46. The number of H-pyrrole nitrogens is 1. The van der Waals surface area contributed by atoms with Crippen LogP contribution in [0.3, 0.4) is 0 Å². The molecule has 8 nitrogen and oxygen atoms in total. The van der Waals surface area contributed by atoms with Gasteiger partial charge in [0, 0.05) is 25.6 Å². The first-order valence-corrected chi connectivity index (χ1v) is 12.1. The molecule has 0 radical (unpaired) electrons. The van der Waals surface area contributed by atoms with Crippen LogP contribution in [0.25, 0.3) is 0 Å². The highest BCUT2D eigenvalue weighted by Gasteiger charge is 2.33. The average molecular weight is 449 g/mol. The lowest BCUT2D eigenvalue weighted by Crippen LogP contribution is -2.46. The van der Waals surface area contributed by atoms with Crippen molar-refractivity contribution in [3.63, 3.8) is 0 Å². The summed E-state index contributed by atoms with van der Waals surface area (Å²) in [5, 5.41) is 9.77. The molecule has 1 fully saturated rings. The fraction of sp³-hybridized carbons (Fsp3) is 0.545. The lowest BCUT2D eigenvalue weighted by molar-refractivity contribution is -0.122. The number of rotatable bonds is 8. The van der Waals surface area contributed by atoms with Crippen molar-refractivity contribution in [1.82, 2.24) is 19.8 Å². The molecule has 9 heteroatoms.